The number of amides is 1. The summed E-state index contributed by atoms with van der Waals surface area (Å²) in [6.45, 7) is 4.20. The van der Waals surface area contributed by atoms with Crippen molar-refractivity contribution in [3.8, 4) is 0 Å². The Morgan fingerprint density at radius 2 is 1.95 bits per heavy atom. The van der Waals surface area contributed by atoms with E-state index in [0.29, 0.717) is 17.9 Å². The lowest BCUT2D eigenvalue weighted by Gasteiger charge is -2.28. The van der Waals surface area contributed by atoms with Gasteiger partial charge in [-0.2, -0.15) is 0 Å². The van der Waals surface area contributed by atoms with Crippen LogP contribution in [0.4, 0.5) is 0 Å². The molecule has 0 aromatic carbocycles. The van der Waals surface area contributed by atoms with E-state index in [-0.39, 0.29) is 12.4 Å². The van der Waals surface area contributed by atoms with Crippen molar-refractivity contribution in [1.29, 1.82) is 0 Å². The Balaban J connectivity index is 0.00000200. The van der Waals surface area contributed by atoms with Crippen LogP contribution < -0.4 is 10.6 Å². The maximum atomic E-state index is 12.1. The van der Waals surface area contributed by atoms with Crippen molar-refractivity contribution in [2.45, 2.75) is 70.8 Å². The van der Waals surface area contributed by atoms with Crippen molar-refractivity contribution in [3.63, 3.8) is 0 Å². The molecular weight excluding hydrogens is 272 g/mol. The Labute approximate surface area is 130 Å². The SMILES string of the molecule is CCCCC1CCC(C(=O)NCC2CCCN2)CC1.Cl. The number of rotatable bonds is 6. The zero-order valence-corrected chi connectivity index (χ0v) is 13.6. The van der Waals surface area contributed by atoms with Gasteiger partial charge in [-0.25, -0.2) is 0 Å². The third kappa shape index (κ3) is 5.61. The monoisotopic (exact) mass is 302 g/mol. The molecule has 0 bridgehead atoms. The number of nitrogens with one attached hydrogen (secondary N) is 2. The molecule has 0 aromatic rings. The van der Waals surface area contributed by atoms with Crippen LogP contribution in [0.2, 0.25) is 0 Å². The molecule has 0 spiro atoms. The lowest BCUT2D eigenvalue weighted by molar-refractivity contribution is -0.126. The minimum Gasteiger partial charge on any atom is -0.354 e. The normalized spacial score (nSPS) is 29.8. The van der Waals surface area contributed by atoms with E-state index >= 15 is 0 Å². The van der Waals surface area contributed by atoms with Gasteiger partial charge in [0.1, 0.15) is 0 Å². The van der Waals surface area contributed by atoms with Crippen molar-refractivity contribution in [1.82, 2.24) is 10.6 Å². The Hall–Kier alpha value is -0.280. The van der Waals surface area contributed by atoms with Gasteiger partial charge in [-0.05, 0) is 51.0 Å². The molecule has 1 aliphatic carbocycles. The van der Waals surface area contributed by atoms with Crippen LogP contribution in [-0.4, -0.2) is 25.0 Å². The number of unbranched alkanes of at least 4 members (excludes halogenated alkanes) is 1. The smallest absolute Gasteiger partial charge is 0.223 e. The van der Waals surface area contributed by atoms with Crippen LogP contribution in [0.1, 0.15) is 64.7 Å². The van der Waals surface area contributed by atoms with E-state index in [1.807, 2.05) is 0 Å². The summed E-state index contributed by atoms with van der Waals surface area (Å²) in [5.74, 6) is 1.49. The summed E-state index contributed by atoms with van der Waals surface area (Å²) in [7, 11) is 0. The van der Waals surface area contributed by atoms with E-state index in [2.05, 4.69) is 17.6 Å². The summed E-state index contributed by atoms with van der Waals surface area (Å²) in [6.07, 6.45) is 11.2. The maximum absolute atomic E-state index is 12.1. The Kier molecular flexibility index (Phi) is 8.55. The zero-order valence-electron chi connectivity index (χ0n) is 12.8. The van der Waals surface area contributed by atoms with Crippen LogP contribution in [0.5, 0.6) is 0 Å². The molecule has 1 saturated carbocycles. The van der Waals surface area contributed by atoms with Gasteiger partial charge in [-0.1, -0.05) is 26.2 Å². The van der Waals surface area contributed by atoms with Crippen LogP contribution in [0.15, 0.2) is 0 Å². The quantitative estimate of drug-likeness (QED) is 0.790. The predicted molar refractivity (Wildman–Crippen MR) is 86.3 cm³/mol. The molecule has 1 heterocycles. The third-order valence-electron chi connectivity index (χ3n) is 4.87. The zero-order chi connectivity index (χ0) is 13.5. The summed E-state index contributed by atoms with van der Waals surface area (Å²) in [5, 5.41) is 6.58. The fourth-order valence-electron chi connectivity index (χ4n) is 3.51. The van der Waals surface area contributed by atoms with Crippen LogP contribution in [0, 0.1) is 11.8 Å². The van der Waals surface area contributed by atoms with Gasteiger partial charge >= 0.3 is 0 Å². The number of carbonyl (C=O) groups excluding carboxylic acids is 1. The molecule has 2 N–H and O–H groups in total. The van der Waals surface area contributed by atoms with Gasteiger partial charge in [0.05, 0.1) is 0 Å². The fourth-order valence-corrected chi connectivity index (χ4v) is 3.51. The highest BCUT2D eigenvalue weighted by Gasteiger charge is 2.26. The number of halogens is 1. The third-order valence-corrected chi connectivity index (χ3v) is 4.87. The number of hydrogen-bond donors (Lipinski definition) is 2. The Bertz CT molecular complexity index is 272. The van der Waals surface area contributed by atoms with Crippen molar-refractivity contribution < 1.29 is 4.79 Å². The van der Waals surface area contributed by atoms with E-state index in [9.17, 15) is 4.79 Å². The summed E-state index contributed by atoms with van der Waals surface area (Å²) in [5.41, 5.74) is 0. The largest absolute Gasteiger partial charge is 0.354 e. The van der Waals surface area contributed by atoms with Gasteiger partial charge in [0.25, 0.3) is 0 Å². The van der Waals surface area contributed by atoms with E-state index in [0.717, 1.165) is 31.8 Å². The maximum Gasteiger partial charge on any atom is 0.223 e. The van der Waals surface area contributed by atoms with Crippen LogP contribution >= 0.6 is 12.4 Å². The molecule has 2 aliphatic rings. The lowest BCUT2D eigenvalue weighted by atomic mass is 9.79. The Morgan fingerprint density at radius 3 is 2.55 bits per heavy atom. The standard InChI is InChI=1S/C16H30N2O.ClH/c1-2-3-5-13-7-9-14(10-8-13)16(19)18-12-15-6-4-11-17-15;/h13-15,17H,2-12H2,1H3,(H,18,19);1H. The topological polar surface area (TPSA) is 41.1 Å². The molecule has 1 aliphatic heterocycles. The molecule has 2 rings (SSSR count). The molecule has 1 atom stereocenters. The first-order chi connectivity index (χ1) is 9.29. The van der Waals surface area contributed by atoms with Crippen molar-refractivity contribution >= 4 is 18.3 Å². The van der Waals surface area contributed by atoms with E-state index in [4.69, 9.17) is 0 Å². The summed E-state index contributed by atoms with van der Waals surface area (Å²) < 4.78 is 0. The molecule has 3 nitrogen and oxygen atoms in total. The molecule has 118 valence electrons. The highest BCUT2D eigenvalue weighted by molar-refractivity contribution is 5.85. The van der Waals surface area contributed by atoms with Gasteiger partial charge in [0.2, 0.25) is 5.91 Å². The Morgan fingerprint density at radius 1 is 1.20 bits per heavy atom. The summed E-state index contributed by atoms with van der Waals surface area (Å²) in [4.78, 5) is 12.1. The fraction of sp³-hybridized carbons (Fsp3) is 0.938. The van der Waals surface area contributed by atoms with Gasteiger partial charge in [0, 0.05) is 18.5 Å². The van der Waals surface area contributed by atoms with Crippen LogP contribution in [-0.2, 0) is 4.79 Å². The van der Waals surface area contributed by atoms with Gasteiger partial charge in [-0.3, -0.25) is 4.79 Å². The molecular formula is C16H31ClN2O. The first-order valence-corrected chi connectivity index (χ1v) is 8.30. The molecule has 0 aromatic heterocycles. The van der Waals surface area contributed by atoms with Crippen molar-refractivity contribution in [2.24, 2.45) is 11.8 Å². The minimum atomic E-state index is 0. The van der Waals surface area contributed by atoms with Crippen molar-refractivity contribution in [3.05, 3.63) is 0 Å². The van der Waals surface area contributed by atoms with Gasteiger partial charge < -0.3 is 10.6 Å². The molecule has 20 heavy (non-hydrogen) atoms. The summed E-state index contributed by atoms with van der Waals surface area (Å²) >= 11 is 0. The van der Waals surface area contributed by atoms with E-state index < -0.39 is 0 Å². The average Bonchev–Trinajstić information content (AvgIpc) is 2.96. The van der Waals surface area contributed by atoms with Crippen molar-refractivity contribution in [2.75, 3.05) is 13.1 Å². The van der Waals surface area contributed by atoms with Crippen LogP contribution in [0.25, 0.3) is 0 Å². The highest BCUT2D eigenvalue weighted by atomic mass is 35.5. The number of hydrogen-bond acceptors (Lipinski definition) is 2. The predicted octanol–water partition coefficient (Wildman–Crippen LogP) is 3.27. The second-order valence-corrected chi connectivity index (χ2v) is 6.40. The highest BCUT2D eigenvalue weighted by Crippen LogP contribution is 2.31. The van der Waals surface area contributed by atoms with E-state index in [1.165, 1.54) is 44.9 Å². The first kappa shape index (κ1) is 17.8. The molecule has 1 saturated heterocycles. The first-order valence-electron chi connectivity index (χ1n) is 8.30. The van der Waals surface area contributed by atoms with E-state index in [1.54, 1.807) is 0 Å². The molecule has 0 radical (unpaired) electrons. The lowest BCUT2D eigenvalue weighted by Crippen LogP contribution is -2.40. The second-order valence-electron chi connectivity index (χ2n) is 6.40. The van der Waals surface area contributed by atoms with Gasteiger partial charge in [0.15, 0.2) is 0 Å². The molecule has 2 fully saturated rings. The molecule has 1 unspecified atom stereocenters. The molecule has 4 heteroatoms. The van der Waals surface area contributed by atoms with Crippen LogP contribution in [0.3, 0.4) is 0 Å². The average molecular weight is 303 g/mol. The number of carbonyl (C=O) groups is 1. The van der Waals surface area contributed by atoms with Gasteiger partial charge in [-0.15, -0.1) is 12.4 Å². The minimum absolute atomic E-state index is 0. The summed E-state index contributed by atoms with van der Waals surface area (Å²) in [6, 6.07) is 0.518. The molecule has 1 amide bonds. The second kappa shape index (κ2) is 9.62.